The van der Waals surface area contributed by atoms with Crippen molar-refractivity contribution in [2.24, 2.45) is 0 Å². The van der Waals surface area contributed by atoms with Crippen LogP contribution in [0.1, 0.15) is 19.8 Å². The minimum atomic E-state index is -0.224. The zero-order chi connectivity index (χ0) is 17.4. The van der Waals surface area contributed by atoms with Gasteiger partial charge in [0.2, 0.25) is 11.8 Å². The van der Waals surface area contributed by atoms with E-state index >= 15 is 0 Å². The van der Waals surface area contributed by atoms with Gasteiger partial charge in [0.05, 0.1) is 17.3 Å². The predicted molar refractivity (Wildman–Crippen MR) is 98.6 cm³/mol. The van der Waals surface area contributed by atoms with Crippen molar-refractivity contribution < 1.29 is 9.59 Å². The van der Waals surface area contributed by atoms with Crippen molar-refractivity contribution in [1.29, 1.82) is 0 Å². The third kappa shape index (κ3) is 5.59. The summed E-state index contributed by atoms with van der Waals surface area (Å²) in [6.07, 6.45) is 1.22. The van der Waals surface area contributed by atoms with Crippen LogP contribution < -0.4 is 16.0 Å². The van der Waals surface area contributed by atoms with E-state index < -0.39 is 0 Å². The van der Waals surface area contributed by atoms with Crippen LogP contribution in [-0.4, -0.2) is 18.4 Å². The first-order chi connectivity index (χ1) is 11.6. The van der Waals surface area contributed by atoms with Crippen molar-refractivity contribution in [3.8, 4) is 0 Å². The summed E-state index contributed by atoms with van der Waals surface area (Å²) in [6, 6.07) is 14.4. The highest BCUT2D eigenvalue weighted by Crippen LogP contribution is 2.25. The Morgan fingerprint density at radius 1 is 0.958 bits per heavy atom. The Balaban J connectivity index is 1.95. The Labute approximate surface area is 146 Å². The molecule has 0 saturated carbocycles. The molecule has 0 atom stereocenters. The van der Waals surface area contributed by atoms with Gasteiger partial charge in [0.25, 0.3) is 0 Å². The van der Waals surface area contributed by atoms with Crippen molar-refractivity contribution in [3.05, 3.63) is 53.6 Å². The smallest absolute Gasteiger partial charge is 0.243 e. The third-order valence-electron chi connectivity index (χ3n) is 3.23. The van der Waals surface area contributed by atoms with Crippen molar-refractivity contribution in [3.63, 3.8) is 0 Å². The monoisotopic (exact) mass is 345 g/mol. The minimum absolute atomic E-state index is 0.0668. The zero-order valence-electron chi connectivity index (χ0n) is 13.4. The molecule has 2 aromatic carbocycles. The maximum atomic E-state index is 12.1. The Hall–Kier alpha value is -2.53. The van der Waals surface area contributed by atoms with Crippen LogP contribution in [-0.2, 0) is 9.59 Å². The SMILES string of the molecule is CCCC(=O)Nc1ccc(Cl)c(NC(=O)CNc2ccccc2)c1. The summed E-state index contributed by atoms with van der Waals surface area (Å²) in [5.41, 5.74) is 1.93. The summed E-state index contributed by atoms with van der Waals surface area (Å²) in [5, 5.41) is 8.95. The van der Waals surface area contributed by atoms with Gasteiger partial charge >= 0.3 is 0 Å². The quantitative estimate of drug-likeness (QED) is 0.706. The highest BCUT2D eigenvalue weighted by Gasteiger charge is 2.08. The molecule has 5 nitrogen and oxygen atoms in total. The first-order valence-corrected chi connectivity index (χ1v) is 8.14. The van der Waals surface area contributed by atoms with Crippen molar-refractivity contribution in [2.75, 3.05) is 22.5 Å². The number of hydrogen-bond donors (Lipinski definition) is 3. The number of halogens is 1. The van der Waals surface area contributed by atoms with Gasteiger partial charge in [-0.05, 0) is 36.8 Å². The van der Waals surface area contributed by atoms with Crippen LogP contribution in [0.15, 0.2) is 48.5 Å². The molecule has 0 radical (unpaired) electrons. The molecule has 0 heterocycles. The van der Waals surface area contributed by atoms with Crippen LogP contribution in [0.2, 0.25) is 5.02 Å². The van der Waals surface area contributed by atoms with E-state index in [1.54, 1.807) is 18.2 Å². The normalized spacial score (nSPS) is 10.1. The number of nitrogens with one attached hydrogen (secondary N) is 3. The lowest BCUT2D eigenvalue weighted by Crippen LogP contribution is -2.22. The molecule has 0 aliphatic rings. The van der Waals surface area contributed by atoms with E-state index in [0.29, 0.717) is 22.8 Å². The molecule has 2 amide bonds. The lowest BCUT2D eigenvalue weighted by atomic mass is 10.2. The van der Waals surface area contributed by atoms with Crippen LogP contribution in [0.5, 0.6) is 0 Å². The molecule has 2 rings (SSSR count). The van der Waals surface area contributed by atoms with Crippen LogP contribution in [0, 0.1) is 0 Å². The Morgan fingerprint density at radius 3 is 2.42 bits per heavy atom. The topological polar surface area (TPSA) is 70.2 Å². The standard InChI is InChI=1S/C18H20ClN3O2/c1-2-6-17(23)21-14-9-10-15(19)16(11-14)22-18(24)12-20-13-7-4-3-5-8-13/h3-5,7-11,20H,2,6,12H2,1H3,(H,21,23)(H,22,24). The maximum absolute atomic E-state index is 12.1. The summed E-state index contributed by atoms with van der Waals surface area (Å²) in [6.45, 7) is 2.06. The second kappa shape index (κ2) is 8.93. The lowest BCUT2D eigenvalue weighted by molar-refractivity contribution is -0.116. The summed E-state index contributed by atoms with van der Waals surface area (Å²) in [7, 11) is 0. The van der Waals surface area contributed by atoms with Crippen LogP contribution in [0.4, 0.5) is 17.1 Å². The maximum Gasteiger partial charge on any atom is 0.243 e. The number of rotatable bonds is 7. The van der Waals surface area contributed by atoms with Crippen molar-refractivity contribution in [2.45, 2.75) is 19.8 Å². The molecular formula is C18H20ClN3O2. The number of carbonyl (C=O) groups is 2. The van der Waals surface area contributed by atoms with Gasteiger partial charge in [-0.1, -0.05) is 36.7 Å². The van der Waals surface area contributed by atoms with Gasteiger partial charge in [-0.3, -0.25) is 9.59 Å². The fraction of sp³-hybridized carbons (Fsp3) is 0.222. The molecule has 126 valence electrons. The molecule has 0 spiro atoms. The molecule has 0 unspecified atom stereocenters. The Bertz CT molecular complexity index is 705. The largest absolute Gasteiger partial charge is 0.376 e. The van der Waals surface area contributed by atoms with E-state index in [4.69, 9.17) is 11.6 Å². The second-order valence-corrected chi connectivity index (χ2v) is 5.67. The zero-order valence-corrected chi connectivity index (χ0v) is 14.2. The van der Waals surface area contributed by atoms with Gasteiger partial charge in [0.15, 0.2) is 0 Å². The third-order valence-corrected chi connectivity index (χ3v) is 3.56. The summed E-state index contributed by atoms with van der Waals surface area (Å²) in [5.74, 6) is -0.291. The summed E-state index contributed by atoms with van der Waals surface area (Å²) >= 11 is 6.11. The molecule has 0 bridgehead atoms. The van der Waals surface area contributed by atoms with Gasteiger partial charge in [-0.25, -0.2) is 0 Å². The van der Waals surface area contributed by atoms with Gasteiger partial charge in [0, 0.05) is 17.8 Å². The van der Waals surface area contributed by atoms with E-state index in [-0.39, 0.29) is 18.4 Å². The number of carbonyl (C=O) groups excluding carboxylic acids is 2. The van der Waals surface area contributed by atoms with Crippen LogP contribution >= 0.6 is 11.6 Å². The Kier molecular flexibility index (Phi) is 6.63. The van der Waals surface area contributed by atoms with Crippen molar-refractivity contribution in [1.82, 2.24) is 0 Å². The van der Waals surface area contributed by atoms with Gasteiger partial charge in [-0.15, -0.1) is 0 Å². The molecule has 6 heteroatoms. The molecule has 3 N–H and O–H groups in total. The number of anilines is 3. The fourth-order valence-corrected chi connectivity index (χ4v) is 2.25. The van der Waals surface area contributed by atoms with E-state index in [1.807, 2.05) is 37.3 Å². The summed E-state index contributed by atoms with van der Waals surface area (Å²) < 4.78 is 0. The fourth-order valence-electron chi connectivity index (χ4n) is 2.08. The van der Waals surface area contributed by atoms with Crippen molar-refractivity contribution >= 4 is 40.5 Å². The number of hydrogen-bond acceptors (Lipinski definition) is 3. The number of para-hydroxylation sites is 1. The highest BCUT2D eigenvalue weighted by molar-refractivity contribution is 6.33. The first-order valence-electron chi connectivity index (χ1n) is 7.76. The van der Waals surface area contributed by atoms with Gasteiger partial charge in [0.1, 0.15) is 0 Å². The van der Waals surface area contributed by atoms with E-state index in [2.05, 4.69) is 16.0 Å². The van der Waals surface area contributed by atoms with Crippen LogP contribution in [0.25, 0.3) is 0 Å². The van der Waals surface area contributed by atoms with Gasteiger partial charge < -0.3 is 16.0 Å². The molecule has 0 fully saturated rings. The number of amides is 2. The van der Waals surface area contributed by atoms with Crippen LogP contribution in [0.3, 0.4) is 0 Å². The van der Waals surface area contributed by atoms with E-state index in [1.165, 1.54) is 0 Å². The molecule has 0 aromatic heterocycles. The second-order valence-electron chi connectivity index (χ2n) is 5.26. The molecule has 24 heavy (non-hydrogen) atoms. The minimum Gasteiger partial charge on any atom is -0.376 e. The lowest BCUT2D eigenvalue weighted by Gasteiger charge is -2.11. The number of benzene rings is 2. The Morgan fingerprint density at radius 2 is 1.71 bits per heavy atom. The molecule has 2 aromatic rings. The predicted octanol–water partition coefficient (Wildman–Crippen LogP) is 4.13. The highest BCUT2D eigenvalue weighted by atomic mass is 35.5. The van der Waals surface area contributed by atoms with E-state index in [0.717, 1.165) is 12.1 Å². The molecule has 0 aliphatic carbocycles. The van der Waals surface area contributed by atoms with E-state index in [9.17, 15) is 9.59 Å². The molecular weight excluding hydrogens is 326 g/mol. The molecule has 0 aliphatic heterocycles. The summed E-state index contributed by atoms with van der Waals surface area (Å²) in [4.78, 5) is 23.7. The molecule has 0 saturated heterocycles. The first kappa shape index (κ1) is 17.8. The average Bonchev–Trinajstić information content (AvgIpc) is 2.57. The average molecular weight is 346 g/mol. The van der Waals surface area contributed by atoms with Gasteiger partial charge in [-0.2, -0.15) is 0 Å².